The van der Waals surface area contributed by atoms with E-state index in [1.54, 1.807) is 24.5 Å². The molecule has 0 spiro atoms. The van der Waals surface area contributed by atoms with Crippen molar-refractivity contribution in [3.8, 4) is 11.5 Å². The van der Waals surface area contributed by atoms with E-state index in [0.717, 1.165) is 25.0 Å². The number of para-hydroxylation sites is 1. The van der Waals surface area contributed by atoms with Crippen LogP contribution in [0.4, 0.5) is 10.1 Å². The third kappa shape index (κ3) is 5.63. The maximum absolute atomic E-state index is 14.1. The van der Waals surface area contributed by atoms with Crippen LogP contribution in [0.3, 0.4) is 0 Å². The number of amides is 1. The Morgan fingerprint density at radius 2 is 2.26 bits per heavy atom. The molecule has 2 aromatic rings. The number of ether oxygens (including phenoxy) is 3. The SMILES string of the molecule is COc1c(F)cccc1NC(=S)C1=C(NCc2ccncc2OC[C@H]2CCCO2)CCNC1=O. The minimum Gasteiger partial charge on any atom is -0.492 e. The Morgan fingerprint density at radius 3 is 3.06 bits per heavy atom. The average molecular weight is 487 g/mol. The number of pyridine rings is 1. The first kappa shape index (κ1) is 23.9. The van der Waals surface area contributed by atoms with Gasteiger partial charge in [-0.1, -0.05) is 18.3 Å². The number of carbonyl (C=O) groups is 1. The van der Waals surface area contributed by atoms with Gasteiger partial charge in [0.2, 0.25) is 0 Å². The highest BCUT2D eigenvalue weighted by molar-refractivity contribution is 7.81. The third-order valence-electron chi connectivity index (χ3n) is 5.65. The molecule has 1 fully saturated rings. The Labute approximate surface area is 202 Å². The zero-order valence-electron chi connectivity index (χ0n) is 18.9. The zero-order chi connectivity index (χ0) is 23.9. The summed E-state index contributed by atoms with van der Waals surface area (Å²) in [5, 5.41) is 9.10. The Kier molecular flexibility index (Phi) is 7.91. The second-order valence-corrected chi connectivity index (χ2v) is 8.33. The molecule has 3 heterocycles. The van der Waals surface area contributed by atoms with Crippen LogP contribution in [0.15, 0.2) is 47.9 Å². The van der Waals surface area contributed by atoms with Crippen LogP contribution in [0, 0.1) is 5.82 Å². The fraction of sp³-hybridized carbons (Fsp3) is 0.375. The smallest absolute Gasteiger partial charge is 0.256 e. The number of anilines is 1. The van der Waals surface area contributed by atoms with Gasteiger partial charge in [-0.3, -0.25) is 9.78 Å². The number of aromatic nitrogens is 1. The number of rotatable bonds is 9. The van der Waals surface area contributed by atoms with E-state index in [4.69, 9.17) is 26.4 Å². The summed E-state index contributed by atoms with van der Waals surface area (Å²) in [6, 6.07) is 6.34. The van der Waals surface area contributed by atoms with Gasteiger partial charge in [0, 0.05) is 43.6 Å². The number of benzene rings is 1. The summed E-state index contributed by atoms with van der Waals surface area (Å²) in [5.74, 6) is -0.130. The van der Waals surface area contributed by atoms with Gasteiger partial charge in [0.1, 0.15) is 17.3 Å². The molecule has 2 aliphatic rings. The van der Waals surface area contributed by atoms with Gasteiger partial charge in [-0.25, -0.2) is 4.39 Å². The molecule has 0 unspecified atom stereocenters. The van der Waals surface area contributed by atoms with Crippen LogP contribution < -0.4 is 25.4 Å². The highest BCUT2D eigenvalue weighted by Crippen LogP contribution is 2.28. The summed E-state index contributed by atoms with van der Waals surface area (Å²) >= 11 is 5.52. The fourth-order valence-electron chi connectivity index (χ4n) is 3.91. The highest BCUT2D eigenvalue weighted by Gasteiger charge is 2.25. The molecule has 1 aromatic carbocycles. The van der Waals surface area contributed by atoms with E-state index in [9.17, 15) is 9.18 Å². The van der Waals surface area contributed by atoms with Crippen molar-refractivity contribution in [2.75, 3.05) is 32.2 Å². The summed E-state index contributed by atoms with van der Waals surface area (Å²) in [6.07, 6.45) is 6.07. The lowest BCUT2D eigenvalue weighted by atomic mass is 10.1. The van der Waals surface area contributed by atoms with E-state index >= 15 is 0 Å². The van der Waals surface area contributed by atoms with E-state index in [0.29, 0.717) is 48.8 Å². The Bertz CT molecular complexity index is 1090. The molecule has 3 N–H and O–H groups in total. The molecule has 1 saturated heterocycles. The maximum Gasteiger partial charge on any atom is 0.256 e. The number of methoxy groups -OCH3 is 1. The first-order valence-corrected chi connectivity index (χ1v) is 11.5. The van der Waals surface area contributed by atoms with Crippen molar-refractivity contribution in [3.63, 3.8) is 0 Å². The number of thiocarbonyl (C=S) groups is 1. The molecule has 1 aromatic heterocycles. The Balaban J connectivity index is 1.49. The number of nitrogens with one attached hydrogen (secondary N) is 3. The van der Waals surface area contributed by atoms with Gasteiger partial charge >= 0.3 is 0 Å². The van der Waals surface area contributed by atoms with Crippen molar-refractivity contribution >= 4 is 28.8 Å². The predicted molar refractivity (Wildman–Crippen MR) is 129 cm³/mol. The number of carbonyl (C=O) groups excluding carboxylic acids is 1. The minimum absolute atomic E-state index is 0.0287. The molecule has 0 radical (unpaired) electrons. The molecule has 8 nitrogen and oxygen atoms in total. The lowest BCUT2D eigenvalue weighted by Gasteiger charge is -2.24. The number of nitrogens with zero attached hydrogens (tertiary/aromatic N) is 1. The first-order chi connectivity index (χ1) is 16.6. The molecule has 2 aliphatic heterocycles. The van der Waals surface area contributed by atoms with Crippen LogP contribution in [-0.4, -0.2) is 48.9 Å². The van der Waals surface area contributed by atoms with E-state index in [1.165, 1.54) is 13.2 Å². The van der Waals surface area contributed by atoms with Crippen molar-refractivity contribution in [3.05, 3.63) is 59.3 Å². The largest absolute Gasteiger partial charge is 0.492 e. The van der Waals surface area contributed by atoms with E-state index in [1.807, 2.05) is 6.07 Å². The predicted octanol–water partition coefficient (Wildman–Crippen LogP) is 3.09. The lowest BCUT2D eigenvalue weighted by Crippen LogP contribution is -2.39. The summed E-state index contributed by atoms with van der Waals surface area (Å²) in [7, 11) is 1.37. The van der Waals surface area contributed by atoms with Crippen LogP contribution in [0.5, 0.6) is 11.5 Å². The molecular formula is C24H27FN4O4S. The summed E-state index contributed by atoms with van der Waals surface area (Å²) < 4.78 is 30.8. The van der Waals surface area contributed by atoms with Crippen LogP contribution in [-0.2, 0) is 16.1 Å². The van der Waals surface area contributed by atoms with Gasteiger partial charge in [0.25, 0.3) is 5.91 Å². The molecule has 1 amide bonds. The van der Waals surface area contributed by atoms with Gasteiger partial charge in [-0.05, 0) is 31.0 Å². The molecule has 0 aliphatic carbocycles. The van der Waals surface area contributed by atoms with E-state index in [2.05, 4.69) is 20.9 Å². The standard InChI is InChI=1S/C24H27FN4O4S/c1-31-22-17(25)5-2-6-19(22)29-24(34)21-18(8-10-27-23(21)30)28-12-15-7-9-26-13-20(15)33-14-16-4-3-11-32-16/h2,5-7,9,13,16,28H,3-4,8,10-12,14H2,1H3,(H,27,30)(H,29,34)/t16-/m1/s1. The van der Waals surface area contributed by atoms with Gasteiger partial charge in [0.15, 0.2) is 11.6 Å². The van der Waals surface area contributed by atoms with Crippen LogP contribution in [0.2, 0.25) is 0 Å². The van der Waals surface area contributed by atoms with Crippen LogP contribution >= 0.6 is 12.2 Å². The Hall–Kier alpha value is -3.24. The molecule has 4 rings (SSSR count). The molecule has 1 atom stereocenters. The topological polar surface area (TPSA) is 93.7 Å². The van der Waals surface area contributed by atoms with Gasteiger partial charge in [0.05, 0.1) is 30.7 Å². The molecule has 10 heteroatoms. The summed E-state index contributed by atoms with van der Waals surface area (Å²) in [5.41, 5.74) is 2.25. The van der Waals surface area contributed by atoms with Crippen molar-refractivity contribution in [2.24, 2.45) is 0 Å². The quantitative estimate of drug-likeness (QED) is 0.466. The van der Waals surface area contributed by atoms with Gasteiger partial charge in [-0.15, -0.1) is 0 Å². The second-order valence-electron chi connectivity index (χ2n) is 7.92. The molecule has 0 bridgehead atoms. The van der Waals surface area contributed by atoms with Gasteiger partial charge < -0.3 is 30.2 Å². The highest BCUT2D eigenvalue weighted by atomic mass is 32.1. The maximum atomic E-state index is 14.1. The van der Waals surface area contributed by atoms with Gasteiger partial charge in [-0.2, -0.15) is 0 Å². The summed E-state index contributed by atoms with van der Waals surface area (Å²) in [6.45, 7) is 2.14. The molecule has 34 heavy (non-hydrogen) atoms. The monoisotopic (exact) mass is 486 g/mol. The van der Waals surface area contributed by atoms with Crippen LogP contribution in [0.1, 0.15) is 24.8 Å². The molecular weight excluding hydrogens is 459 g/mol. The third-order valence-corrected chi connectivity index (χ3v) is 5.95. The van der Waals surface area contributed by atoms with Crippen molar-refractivity contribution in [1.29, 1.82) is 0 Å². The zero-order valence-corrected chi connectivity index (χ0v) is 19.7. The molecule has 180 valence electrons. The van der Waals surface area contributed by atoms with E-state index in [-0.39, 0.29) is 22.7 Å². The Morgan fingerprint density at radius 1 is 1.38 bits per heavy atom. The number of hydrogen-bond donors (Lipinski definition) is 3. The van der Waals surface area contributed by atoms with Crippen molar-refractivity contribution in [2.45, 2.75) is 31.9 Å². The molecule has 0 saturated carbocycles. The average Bonchev–Trinajstić information content (AvgIpc) is 3.36. The minimum atomic E-state index is -0.524. The van der Waals surface area contributed by atoms with Crippen LogP contribution in [0.25, 0.3) is 0 Å². The van der Waals surface area contributed by atoms with E-state index < -0.39 is 5.82 Å². The number of halogens is 1. The van der Waals surface area contributed by atoms with Crippen molar-refractivity contribution in [1.82, 2.24) is 15.6 Å². The normalized spacial score (nSPS) is 17.8. The lowest BCUT2D eigenvalue weighted by molar-refractivity contribution is -0.117. The van der Waals surface area contributed by atoms with Crippen molar-refractivity contribution < 1.29 is 23.4 Å². The number of hydrogen-bond acceptors (Lipinski definition) is 7. The second kappa shape index (κ2) is 11.3. The summed E-state index contributed by atoms with van der Waals surface area (Å²) in [4.78, 5) is 17.0. The fourth-order valence-corrected chi connectivity index (χ4v) is 4.24. The first-order valence-electron chi connectivity index (χ1n) is 11.1.